The van der Waals surface area contributed by atoms with Gasteiger partial charge in [0.1, 0.15) is 5.54 Å². The standard InChI is InChI=1S/C16H26N4O2.ClH/c1-12-18-15(20-22-12)16(8-3-2-4-9-16)19-14(21)6-5-13-7-10-17-11-13;/h13,17H,2-11H2,1H3,(H,19,21);1H. The summed E-state index contributed by atoms with van der Waals surface area (Å²) in [5.41, 5.74) is -0.416. The van der Waals surface area contributed by atoms with E-state index in [-0.39, 0.29) is 18.3 Å². The number of rotatable bonds is 5. The van der Waals surface area contributed by atoms with Crippen LogP contribution in [0.4, 0.5) is 0 Å². The number of carbonyl (C=O) groups is 1. The average molecular weight is 343 g/mol. The summed E-state index contributed by atoms with van der Waals surface area (Å²) in [5.74, 6) is 1.98. The maximum Gasteiger partial charge on any atom is 0.223 e. The molecule has 2 heterocycles. The second-order valence-electron chi connectivity index (χ2n) is 6.73. The van der Waals surface area contributed by atoms with Crippen molar-refractivity contribution >= 4 is 18.3 Å². The van der Waals surface area contributed by atoms with Gasteiger partial charge in [-0.3, -0.25) is 4.79 Å². The second kappa shape index (κ2) is 8.11. The zero-order valence-electron chi connectivity index (χ0n) is 13.8. The predicted molar refractivity (Wildman–Crippen MR) is 89.4 cm³/mol. The average Bonchev–Trinajstić information content (AvgIpc) is 3.17. The summed E-state index contributed by atoms with van der Waals surface area (Å²) in [7, 11) is 0. The third kappa shape index (κ3) is 4.44. The van der Waals surface area contributed by atoms with Gasteiger partial charge < -0.3 is 15.2 Å². The van der Waals surface area contributed by atoms with E-state index < -0.39 is 5.54 Å². The molecular formula is C16H27ClN4O2. The van der Waals surface area contributed by atoms with Gasteiger partial charge in [-0.25, -0.2) is 0 Å². The van der Waals surface area contributed by atoms with Gasteiger partial charge in [-0.05, 0) is 44.7 Å². The van der Waals surface area contributed by atoms with Crippen LogP contribution in [-0.4, -0.2) is 29.1 Å². The van der Waals surface area contributed by atoms with Gasteiger partial charge in [0.15, 0.2) is 5.82 Å². The third-order valence-electron chi connectivity index (χ3n) is 4.98. The molecule has 1 aromatic heterocycles. The Morgan fingerprint density at radius 2 is 2.17 bits per heavy atom. The topological polar surface area (TPSA) is 80.0 Å². The summed E-state index contributed by atoms with van der Waals surface area (Å²) in [6, 6.07) is 0. The zero-order valence-corrected chi connectivity index (χ0v) is 14.6. The SMILES string of the molecule is Cc1nc(C2(NC(=O)CCC3CCNC3)CCCCC2)no1.Cl. The van der Waals surface area contributed by atoms with Crippen LogP contribution in [0, 0.1) is 12.8 Å². The summed E-state index contributed by atoms with van der Waals surface area (Å²) >= 11 is 0. The van der Waals surface area contributed by atoms with Crippen molar-refractivity contribution < 1.29 is 9.32 Å². The number of aryl methyl sites for hydroxylation is 1. The Balaban J connectivity index is 0.00000192. The lowest BCUT2D eigenvalue weighted by Crippen LogP contribution is -2.48. The van der Waals surface area contributed by atoms with Crippen molar-refractivity contribution in [2.24, 2.45) is 5.92 Å². The van der Waals surface area contributed by atoms with Gasteiger partial charge in [-0.1, -0.05) is 24.4 Å². The van der Waals surface area contributed by atoms with Crippen molar-refractivity contribution in [1.82, 2.24) is 20.8 Å². The summed E-state index contributed by atoms with van der Waals surface area (Å²) < 4.78 is 5.14. The van der Waals surface area contributed by atoms with Crippen LogP contribution in [0.3, 0.4) is 0 Å². The fourth-order valence-corrected chi connectivity index (χ4v) is 3.68. The molecule has 1 unspecified atom stereocenters. The minimum atomic E-state index is -0.416. The summed E-state index contributed by atoms with van der Waals surface area (Å²) in [6.07, 6.45) is 7.95. The molecule has 3 rings (SSSR count). The number of halogens is 1. The molecule has 6 nitrogen and oxygen atoms in total. The zero-order chi connectivity index (χ0) is 15.4. The maximum absolute atomic E-state index is 12.4. The van der Waals surface area contributed by atoms with Gasteiger partial charge in [-0.15, -0.1) is 12.4 Å². The van der Waals surface area contributed by atoms with Crippen LogP contribution >= 0.6 is 12.4 Å². The highest BCUT2D eigenvalue weighted by atomic mass is 35.5. The van der Waals surface area contributed by atoms with Crippen LogP contribution in [0.5, 0.6) is 0 Å². The van der Waals surface area contributed by atoms with Crippen LogP contribution in [0.1, 0.15) is 63.1 Å². The first-order valence-corrected chi connectivity index (χ1v) is 8.50. The minimum Gasteiger partial charge on any atom is -0.343 e. The van der Waals surface area contributed by atoms with E-state index in [1.807, 2.05) is 0 Å². The molecule has 1 atom stereocenters. The monoisotopic (exact) mass is 342 g/mol. The Kier molecular flexibility index (Phi) is 6.41. The van der Waals surface area contributed by atoms with Crippen molar-refractivity contribution in [1.29, 1.82) is 0 Å². The molecule has 1 aromatic rings. The van der Waals surface area contributed by atoms with Crippen LogP contribution in [0.2, 0.25) is 0 Å². The summed E-state index contributed by atoms with van der Waals surface area (Å²) in [5, 5.41) is 10.7. The van der Waals surface area contributed by atoms with E-state index >= 15 is 0 Å². The number of carbonyl (C=O) groups excluding carboxylic acids is 1. The smallest absolute Gasteiger partial charge is 0.223 e. The highest BCUT2D eigenvalue weighted by Gasteiger charge is 2.39. The lowest BCUT2D eigenvalue weighted by Gasteiger charge is -2.35. The Labute approximate surface area is 143 Å². The highest BCUT2D eigenvalue weighted by Crippen LogP contribution is 2.35. The first-order valence-electron chi connectivity index (χ1n) is 8.50. The van der Waals surface area contributed by atoms with Crippen LogP contribution in [0.15, 0.2) is 4.52 Å². The fourth-order valence-electron chi connectivity index (χ4n) is 3.68. The molecular weight excluding hydrogens is 316 g/mol. The van der Waals surface area contributed by atoms with E-state index in [1.54, 1.807) is 6.92 Å². The Morgan fingerprint density at radius 1 is 1.39 bits per heavy atom. The predicted octanol–water partition coefficient (Wildman–Crippen LogP) is 2.47. The minimum absolute atomic E-state index is 0. The van der Waals surface area contributed by atoms with Gasteiger partial charge in [0, 0.05) is 13.3 Å². The van der Waals surface area contributed by atoms with Crippen LogP contribution in [0.25, 0.3) is 0 Å². The Bertz CT molecular complexity index is 508. The van der Waals surface area contributed by atoms with E-state index in [9.17, 15) is 4.79 Å². The highest BCUT2D eigenvalue weighted by molar-refractivity contribution is 5.85. The molecule has 2 N–H and O–H groups in total. The van der Waals surface area contributed by atoms with Crippen molar-refractivity contribution in [2.45, 2.75) is 63.8 Å². The van der Waals surface area contributed by atoms with E-state index in [0.29, 0.717) is 24.1 Å². The molecule has 0 aromatic carbocycles. The number of amides is 1. The Morgan fingerprint density at radius 3 is 2.78 bits per heavy atom. The van der Waals surface area contributed by atoms with Gasteiger partial charge in [0.05, 0.1) is 0 Å². The molecule has 1 saturated heterocycles. The molecule has 130 valence electrons. The molecule has 0 spiro atoms. The summed E-state index contributed by atoms with van der Waals surface area (Å²) in [4.78, 5) is 16.8. The number of hydrogen-bond acceptors (Lipinski definition) is 5. The molecule has 0 bridgehead atoms. The molecule has 2 fully saturated rings. The van der Waals surface area contributed by atoms with Crippen molar-refractivity contribution in [3.8, 4) is 0 Å². The molecule has 1 aliphatic heterocycles. The Hall–Kier alpha value is -1.14. The molecule has 1 aliphatic carbocycles. The number of hydrogen-bond donors (Lipinski definition) is 2. The van der Waals surface area contributed by atoms with E-state index in [4.69, 9.17) is 4.52 Å². The molecule has 1 amide bonds. The molecule has 23 heavy (non-hydrogen) atoms. The van der Waals surface area contributed by atoms with Crippen LogP contribution < -0.4 is 10.6 Å². The third-order valence-corrected chi connectivity index (χ3v) is 4.98. The lowest BCUT2D eigenvalue weighted by atomic mass is 9.80. The largest absolute Gasteiger partial charge is 0.343 e. The van der Waals surface area contributed by atoms with Crippen LogP contribution in [-0.2, 0) is 10.3 Å². The maximum atomic E-state index is 12.4. The number of nitrogens with one attached hydrogen (secondary N) is 2. The number of nitrogens with zero attached hydrogens (tertiary/aromatic N) is 2. The molecule has 1 saturated carbocycles. The quantitative estimate of drug-likeness (QED) is 0.859. The van der Waals surface area contributed by atoms with E-state index in [0.717, 1.165) is 45.2 Å². The fraction of sp³-hybridized carbons (Fsp3) is 0.812. The first kappa shape index (κ1) is 18.2. The van der Waals surface area contributed by atoms with Crippen molar-refractivity contribution in [3.63, 3.8) is 0 Å². The van der Waals surface area contributed by atoms with E-state index in [1.165, 1.54) is 12.8 Å². The summed E-state index contributed by atoms with van der Waals surface area (Å²) in [6.45, 7) is 3.92. The molecule has 0 radical (unpaired) electrons. The van der Waals surface area contributed by atoms with Gasteiger partial charge in [0.2, 0.25) is 11.8 Å². The first-order chi connectivity index (χ1) is 10.7. The van der Waals surface area contributed by atoms with Crippen molar-refractivity contribution in [2.75, 3.05) is 13.1 Å². The lowest BCUT2D eigenvalue weighted by molar-refractivity contribution is -0.124. The van der Waals surface area contributed by atoms with Gasteiger partial charge >= 0.3 is 0 Å². The second-order valence-corrected chi connectivity index (χ2v) is 6.73. The molecule has 7 heteroatoms. The van der Waals surface area contributed by atoms with Gasteiger partial charge in [0.25, 0.3) is 0 Å². The van der Waals surface area contributed by atoms with Gasteiger partial charge in [-0.2, -0.15) is 4.98 Å². The number of aromatic nitrogens is 2. The molecule has 2 aliphatic rings. The van der Waals surface area contributed by atoms with Crippen molar-refractivity contribution in [3.05, 3.63) is 11.7 Å². The normalized spacial score (nSPS) is 23.3. The van der Waals surface area contributed by atoms with E-state index in [2.05, 4.69) is 20.8 Å².